The van der Waals surface area contributed by atoms with Crippen molar-refractivity contribution in [1.29, 1.82) is 0 Å². The zero-order valence-corrected chi connectivity index (χ0v) is 13.8. The maximum Gasteiger partial charge on any atom is 0.337 e. The quantitative estimate of drug-likeness (QED) is 0.750. The lowest BCUT2D eigenvalue weighted by Gasteiger charge is -2.15. The van der Waals surface area contributed by atoms with E-state index in [1.807, 2.05) is 0 Å². The number of nitrogens with zero attached hydrogens (tertiary/aromatic N) is 1. The summed E-state index contributed by atoms with van der Waals surface area (Å²) in [6.07, 6.45) is 0. The number of aromatic carboxylic acids is 1. The zero-order chi connectivity index (χ0) is 17.3. The SMILES string of the molecule is CNC(=O)c1ccc(C(=O)O)c(-n2c(C)cc(O)c(Br)c2=O)c1. The molecule has 0 saturated carbocycles. The largest absolute Gasteiger partial charge is 0.506 e. The van der Waals surface area contributed by atoms with Crippen molar-refractivity contribution in [2.75, 3.05) is 7.05 Å². The summed E-state index contributed by atoms with van der Waals surface area (Å²) in [7, 11) is 1.45. The molecule has 0 saturated heterocycles. The first-order chi connectivity index (χ1) is 10.8. The van der Waals surface area contributed by atoms with Gasteiger partial charge in [0.25, 0.3) is 11.5 Å². The molecule has 0 atom stereocenters. The smallest absolute Gasteiger partial charge is 0.337 e. The highest BCUT2D eigenvalue weighted by molar-refractivity contribution is 9.10. The molecule has 1 aromatic heterocycles. The van der Waals surface area contributed by atoms with Crippen molar-refractivity contribution in [3.05, 3.63) is 55.9 Å². The number of rotatable bonds is 3. The minimum absolute atomic E-state index is 0.0433. The number of hydrogen-bond acceptors (Lipinski definition) is 4. The van der Waals surface area contributed by atoms with Gasteiger partial charge in [-0.25, -0.2) is 4.79 Å². The van der Waals surface area contributed by atoms with Gasteiger partial charge in [-0.2, -0.15) is 0 Å². The molecule has 3 N–H and O–H groups in total. The molecular formula is C15H13BrN2O5. The molecule has 1 amide bonds. The van der Waals surface area contributed by atoms with Crippen LogP contribution in [0.1, 0.15) is 26.4 Å². The first-order valence-corrected chi connectivity index (χ1v) is 7.28. The normalized spacial score (nSPS) is 10.4. The van der Waals surface area contributed by atoms with Crippen molar-refractivity contribution >= 4 is 27.8 Å². The number of benzene rings is 1. The minimum Gasteiger partial charge on any atom is -0.506 e. The predicted octanol–water partition coefficient (Wildman–Crippen LogP) is 1.67. The predicted molar refractivity (Wildman–Crippen MR) is 86.5 cm³/mol. The van der Waals surface area contributed by atoms with Crippen LogP contribution < -0.4 is 10.9 Å². The fraction of sp³-hybridized carbons (Fsp3) is 0.133. The molecule has 1 heterocycles. The Morgan fingerprint density at radius 1 is 1.26 bits per heavy atom. The number of nitrogens with one attached hydrogen (secondary N) is 1. The van der Waals surface area contributed by atoms with E-state index < -0.39 is 17.4 Å². The zero-order valence-electron chi connectivity index (χ0n) is 12.3. The highest BCUT2D eigenvalue weighted by atomic mass is 79.9. The number of carboxylic acids is 1. The molecule has 2 aromatic rings. The Hall–Kier alpha value is -2.61. The van der Waals surface area contributed by atoms with Crippen LogP contribution in [0, 0.1) is 6.92 Å². The Morgan fingerprint density at radius 3 is 2.48 bits per heavy atom. The van der Waals surface area contributed by atoms with E-state index in [0.29, 0.717) is 5.69 Å². The first-order valence-electron chi connectivity index (χ1n) is 6.48. The highest BCUT2D eigenvalue weighted by Gasteiger charge is 2.19. The van der Waals surface area contributed by atoms with E-state index in [1.54, 1.807) is 6.92 Å². The van der Waals surface area contributed by atoms with Crippen LogP contribution in [0.2, 0.25) is 0 Å². The third kappa shape index (κ3) is 2.98. The Kier molecular flexibility index (Phi) is 4.55. The number of pyridine rings is 1. The Labute approximate surface area is 139 Å². The van der Waals surface area contributed by atoms with Crippen LogP contribution in [0.3, 0.4) is 0 Å². The summed E-state index contributed by atoms with van der Waals surface area (Å²) in [6, 6.07) is 5.26. The van der Waals surface area contributed by atoms with Crippen molar-refractivity contribution < 1.29 is 19.8 Å². The molecule has 0 aliphatic heterocycles. The molecule has 7 nitrogen and oxygen atoms in total. The first kappa shape index (κ1) is 16.8. The third-order valence-corrected chi connectivity index (χ3v) is 4.02. The molecule has 8 heteroatoms. The number of amides is 1. The van der Waals surface area contributed by atoms with Crippen molar-refractivity contribution in [3.8, 4) is 11.4 Å². The van der Waals surface area contributed by atoms with E-state index in [1.165, 1.54) is 31.3 Å². The second kappa shape index (κ2) is 6.25. The van der Waals surface area contributed by atoms with E-state index in [2.05, 4.69) is 21.2 Å². The molecule has 0 bridgehead atoms. The van der Waals surface area contributed by atoms with Crippen molar-refractivity contribution in [1.82, 2.24) is 9.88 Å². The van der Waals surface area contributed by atoms with Gasteiger partial charge in [0, 0.05) is 24.4 Å². The van der Waals surface area contributed by atoms with Gasteiger partial charge >= 0.3 is 5.97 Å². The van der Waals surface area contributed by atoms with E-state index in [4.69, 9.17) is 0 Å². The van der Waals surface area contributed by atoms with Gasteiger partial charge in [-0.15, -0.1) is 0 Å². The lowest BCUT2D eigenvalue weighted by atomic mass is 10.1. The van der Waals surface area contributed by atoms with E-state index >= 15 is 0 Å². The summed E-state index contributed by atoms with van der Waals surface area (Å²) in [5, 5.41) is 21.4. The van der Waals surface area contributed by atoms with Gasteiger partial charge in [0.2, 0.25) is 0 Å². The number of aryl methyl sites for hydroxylation is 1. The molecule has 0 fully saturated rings. The van der Waals surface area contributed by atoms with Gasteiger partial charge in [-0.05, 0) is 41.1 Å². The van der Waals surface area contributed by atoms with Gasteiger partial charge in [0.15, 0.2) is 0 Å². The van der Waals surface area contributed by atoms with Gasteiger partial charge in [-0.1, -0.05) is 0 Å². The maximum atomic E-state index is 12.4. The van der Waals surface area contributed by atoms with E-state index in [9.17, 15) is 24.6 Å². The molecule has 0 aliphatic carbocycles. The number of carboxylic acid groups (broad SMARTS) is 1. The Balaban J connectivity index is 2.86. The van der Waals surface area contributed by atoms with E-state index in [0.717, 1.165) is 4.57 Å². The van der Waals surface area contributed by atoms with Crippen molar-refractivity contribution in [2.24, 2.45) is 0 Å². The molecule has 23 heavy (non-hydrogen) atoms. The summed E-state index contributed by atoms with van der Waals surface area (Å²) >= 11 is 2.97. The van der Waals surface area contributed by atoms with Crippen LogP contribution in [0.25, 0.3) is 5.69 Å². The summed E-state index contributed by atoms with van der Waals surface area (Å²) < 4.78 is 1.03. The number of aromatic hydroxyl groups is 1. The number of carbonyl (C=O) groups is 2. The Morgan fingerprint density at radius 2 is 1.91 bits per heavy atom. The third-order valence-electron chi connectivity index (χ3n) is 3.27. The topological polar surface area (TPSA) is 109 Å². The van der Waals surface area contributed by atoms with Crippen LogP contribution in [-0.4, -0.2) is 33.7 Å². The van der Waals surface area contributed by atoms with E-state index in [-0.39, 0.29) is 27.0 Å². The van der Waals surface area contributed by atoms with Gasteiger partial charge in [0.05, 0.1) is 11.3 Å². The van der Waals surface area contributed by atoms with Crippen LogP contribution in [-0.2, 0) is 0 Å². The number of carbonyl (C=O) groups excluding carboxylic acids is 1. The maximum absolute atomic E-state index is 12.4. The number of aromatic nitrogens is 1. The molecular weight excluding hydrogens is 368 g/mol. The van der Waals surface area contributed by atoms with Crippen molar-refractivity contribution in [2.45, 2.75) is 6.92 Å². The van der Waals surface area contributed by atoms with Gasteiger partial charge in [0.1, 0.15) is 10.2 Å². The second-order valence-electron chi connectivity index (χ2n) is 4.74. The van der Waals surface area contributed by atoms with Crippen LogP contribution >= 0.6 is 15.9 Å². The summed E-state index contributed by atoms with van der Waals surface area (Å²) in [5.74, 6) is -1.89. The van der Waals surface area contributed by atoms with Gasteiger partial charge < -0.3 is 15.5 Å². The number of halogens is 1. The summed E-state index contributed by atoms with van der Waals surface area (Å²) in [5.41, 5.74) is -0.184. The lowest BCUT2D eigenvalue weighted by Crippen LogP contribution is -2.24. The molecule has 1 aromatic carbocycles. The molecule has 120 valence electrons. The fourth-order valence-corrected chi connectivity index (χ4v) is 2.47. The lowest BCUT2D eigenvalue weighted by molar-refractivity contribution is 0.0696. The number of hydrogen-bond donors (Lipinski definition) is 3. The second-order valence-corrected chi connectivity index (χ2v) is 5.53. The highest BCUT2D eigenvalue weighted by Crippen LogP contribution is 2.24. The standard InChI is InChI=1S/C15H13BrN2O5/c1-7-5-11(19)12(16)14(21)18(7)10-6-8(13(20)17-2)3-4-9(10)15(22)23/h3-6,19H,1-2H3,(H,17,20)(H,22,23). The van der Waals surface area contributed by atoms with Crippen LogP contribution in [0.4, 0.5) is 0 Å². The average Bonchev–Trinajstić information content (AvgIpc) is 2.51. The van der Waals surface area contributed by atoms with Gasteiger partial charge in [-0.3, -0.25) is 14.2 Å². The van der Waals surface area contributed by atoms with Crippen LogP contribution in [0.5, 0.6) is 5.75 Å². The average molecular weight is 381 g/mol. The molecule has 0 aliphatic rings. The van der Waals surface area contributed by atoms with Crippen molar-refractivity contribution in [3.63, 3.8) is 0 Å². The molecule has 0 spiro atoms. The Bertz CT molecular complexity index is 873. The monoisotopic (exact) mass is 380 g/mol. The molecule has 2 rings (SSSR count). The van der Waals surface area contributed by atoms with Crippen LogP contribution in [0.15, 0.2) is 33.5 Å². The molecule has 0 unspecified atom stereocenters. The summed E-state index contributed by atoms with van der Waals surface area (Å²) in [4.78, 5) is 35.6. The minimum atomic E-state index is -1.24. The molecule has 0 radical (unpaired) electrons. The summed E-state index contributed by atoms with van der Waals surface area (Å²) in [6.45, 7) is 1.55. The fourth-order valence-electron chi connectivity index (χ4n) is 2.18.